The molecular weight excluding hydrogens is 258 g/mol. The molecule has 1 unspecified atom stereocenters. The van der Waals surface area contributed by atoms with Crippen LogP contribution in [0.15, 0.2) is 24.3 Å². The number of hydrogen-bond donors (Lipinski definition) is 2. The van der Waals surface area contributed by atoms with Crippen molar-refractivity contribution >= 4 is 11.5 Å². The molecule has 3 heteroatoms. The molecule has 3 nitrogen and oxygen atoms in total. The highest BCUT2D eigenvalue weighted by Crippen LogP contribution is 2.30. The molecule has 0 aliphatic carbocycles. The van der Waals surface area contributed by atoms with Crippen LogP contribution in [-0.4, -0.2) is 18.9 Å². The molecule has 0 radical (unpaired) electrons. The lowest BCUT2D eigenvalue weighted by molar-refractivity contribution is 0.436. The predicted molar refractivity (Wildman–Crippen MR) is 91.1 cm³/mol. The van der Waals surface area contributed by atoms with Crippen LogP contribution in [0.4, 0.5) is 5.69 Å². The molecule has 1 heterocycles. The summed E-state index contributed by atoms with van der Waals surface area (Å²) in [4.78, 5) is 2.53. The highest BCUT2D eigenvalue weighted by atomic mass is 15.1. The highest BCUT2D eigenvalue weighted by Gasteiger charge is 2.23. The number of hydrogen-bond acceptors (Lipinski definition) is 2. The van der Waals surface area contributed by atoms with Crippen molar-refractivity contribution in [2.75, 3.05) is 18.0 Å². The van der Waals surface area contributed by atoms with Crippen molar-refractivity contribution < 1.29 is 0 Å². The molecule has 2 rings (SSSR count). The first-order chi connectivity index (χ1) is 9.90. The molecule has 1 aliphatic heterocycles. The Morgan fingerprint density at radius 3 is 2.76 bits per heavy atom. The minimum absolute atomic E-state index is 0.160. The first-order valence-electron chi connectivity index (χ1n) is 8.07. The van der Waals surface area contributed by atoms with Gasteiger partial charge in [-0.25, -0.2) is 0 Å². The Balaban J connectivity index is 1.88. The van der Waals surface area contributed by atoms with E-state index >= 15 is 0 Å². The summed E-state index contributed by atoms with van der Waals surface area (Å²) in [5.74, 6) is 1.04. The van der Waals surface area contributed by atoms with E-state index in [0.29, 0.717) is 5.84 Å². The molecule has 0 aromatic heterocycles. The maximum atomic E-state index is 7.62. The number of nitrogens with zero attached hydrogens (tertiary/aromatic N) is 1. The number of unbranched alkanes of at least 4 members (excludes halogenated alkanes) is 1. The SMILES string of the molecule is CC1Cc2ccccc2N(CCCCC(C)(C)C(=N)N)C1. The van der Waals surface area contributed by atoms with Crippen LogP contribution < -0.4 is 10.6 Å². The number of amidine groups is 1. The Morgan fingerprint density at radius 2 is 2.05 bits per heavy atom. The molecule has 0 bridgehead atoms. The number of benzene rings is 1. The Hall–Kier alpha value is -1.51. The second kappa shape index (κ2) is 6.50. The lowest BCUT2D eigenvalue weighted by Gasteiger charge is -2.35. The van der Waals surface area contributed by atoms with Gasteiger partial charge in [-0.05, 0) is 36.8 Å². The third-order valence-electron chi connectivity index (χ3n) is 4.64. The molecule has 21 heavy (non-hydrogen) atoms. The second-order valence-corrected chi connectivity index (χ2v) is 7.14. The standard InChI is InChI=1S/C18H29N3/c1-14-12-15-8-4-5-9-16(15)21(13-14)11-7-6-10-18(2,3)17(19)20/h4-5,8-9,14H,6-7,10-13H2,1-3H3,(H3,19,20). The summed E-state index contributed by atoms with van der Waals surface area (Å²) in [7, 11) is 0. The van der Waals surface area contributed by atoms with E-state index < -0.39 is 0 Å². The van der Waals surface area contributed by atoms with Gasteiger partial charge in [0.1, 0.15) is 0 Å². The summed E-state index contributed by atoms with van der Waals surface area (Å²) in [6.45, 7) is 8.73. The monoisotopic (exact) mass is 287 g/mol. The van der Waals surface area contributed by atoms with Crippen LogP contribution in [0, 0.1) is 16.7 Å². The molecule has 1 aliphatic rings. The quantitative estimate of drug-likeness (QED) is 0.475. The normalized spacial score (nSPS) is 18.4. The van der Waals surface area contributed by atoms with Crippen molar-refractivity contribution in [1.29, 1.82) is 5.41 Å². The summed E-state index contributed by atoms with van der Waals surface area (Å²) < 4.78 is 0. The minimum Gasteiger partial charge on any atom is -0.387 e. The average molecular weight is 287 g/mol. The molecule has 0 saturated heterocycles. The van der Waals surface area contributed by atoms with Crippen molar-refractivity contribution in [3.05, 3.63) is 29.8 Å². The van der Waals surface area contributed by atoms with E-state index in [2.05, 4.69) is 49.9 Å². The van der Waals surface area contributed by atoms with Crippen molar-refractivity contribution in [3.8, 4) is 0 Å². The van der Waals surface area contributed by atoms with Gasteiger partial charge >= 0.3 is 0 Å². The summed E-state index contributed by atoms with van der Waals surface area (Å²) in [6.07, 6.45) is 4.48. The Kier molecular flexibility index (Phi) is 4.92. The molecule has 0 spiro atoms. The van der Waals surface area contributed by atoms with Gasteiger partial charge in [-0.2, -0.15) is 0 Å². The van der Waals surface area contributed by atoms with E-state index in [-0.39, 0.29) is 5.41 Å². The van der Waals surface area contributed by atoms with Crippen LogP contribution in [0.1, 0.15) is 45.6 Å². The van der Waals surface area contributed by atoms with Crippen molar-refractivity contribution in [3.63, 3.8) is 0 Å². The minimum atomic E-state index is -0.160. The van der Waals surface area contributed by atoms with Gasteiger partial charge in [0.15, 0.2) is 0 Å². The summed E-state index contributed by atoms with van der Waals surface area (Å²) in [6, 6.07) is 8.79. The smallest absolute Gasteiger partial charge is 0.0963 e. The zero-order valence-electron chi connectivity index (χ0n) is 13.7. The van der Waals surface area contributed by atoms with E-state index in [4.69, 9.17) is 11.1 Å². The van der Waals surface area contributed by atoms with E-state index in [1.165, 1.54) is 17.7 Å². The topological polar surface area (TPSA) is 53.1 Å². The molecule has 1 aromatic carbocycles. The van der Waals surface area contributed by atoms with Crippen LogP contribution in [0.5, 0.6) is 0 Å². The van der Waals surface area contributed by atoms with Gasteiger partial charge in [-0.3, -0.25) is 5.41 Å². The average Bonchev–Trinajstić information content (AvgIpc) is 2.43. The number of anilines is 1. The summed E-state index contributed by atoms with van der Waals surface area (Å²) >= 11 is 0. The van der Waals surface area contributed by atoms with E-state index in [0.717, 1.165) is 38.3 Å². The largest absolute Gasteiger partial charge is 0.387 e. The summed E-state index contributed by atoms with van der Waals surface area (Å²) in [5, 5.41) is 7.62. The van der Waals surface area contributed by atoms with Gasteiger partial charge in [0.05, 0.1) is 5.84 Å². The van der Waals surface area contributed by atoms with Crippen LogP contribution >= 0.6 is 0 Å². The lowest BCUT2D eigenvalue weighted by atomic mass is 9.86. The van der Waals surface area contributed by atoms with Crippen LogP contribution in [0.3, 0.4) is 0 Å². The number of nitrogens with one attached hydrogen (secondary N) is 1. The first-order valence-corrected chi connectivity index (χ1v) is 8.07. The van der Waals surface area contributed by atoms with E-state index in [9.17, 15) is 0 Å². The fraction of sp³-hybridized carbons (Fsp3) is 0.611. The summed E-state index contributed by atoms with van der Waals surface area (Å²) in [5.41, 5.74) is 8.39. The third-order valence-corrected chi connectivity index (χ3v) is 4.64. The molecule has 1 atom stereocenters. The molecule has 0 fully saturated rings. The van der Waals surface area contributed by atoms with Gasteiger partial charge < -0.3 is 10.6 Å². The zero-order valence-corrected chi connectivity index (χ0v) is 13.7. The number of para-hydroxylation sites is 1. The number of nitrogens with two attached hydrogens (primary N) is 1. The van der Waals surface area contributed by atoms with Gasteiger partial charge in [-0.15, -0.1) is 0 Å². The maximum Gasteiger partial charge on any atom is 0.0963 e. The van der Waals surface area contributed by atoms with Gasteiger partial charge in [-0.1, -0.05) is 45.4 Å². The van der Waals surface area contributed by atoms with E-state index in [1.807, 2.05) is 0 Å². The second-order valence-electron chi connectivity index (χ2n) is 7.14. The number of fused-ring (bicyclic) bond motifs is 1. The number of rotatable bonds is 6. The van der Waals surface area contributed by atoms with Gasteiger partial charge in [0.25, 0.3) is 0 Å². The Morgan fingerprint density at radius 1 is 1.33 bits per heavy atom. The molecule has 0 amide bonds. The van der Waals surface area contributed by atoms with Crippen molar-refractivity contribution in [1.82, 2.24) is 0 Å². The van der Waals surface area contributed by atoms with Crippen LogP contribution in [0.25, 0.3) is 0 Å². The predicted octanol–water partition coefficient (Wildman–Crippen LogP) is 3.82. The lowest BCUT2D eigenvalue weighted by Crippen LogP contribution is -2.35. The molecule has 1 aromatic rings. The molecular formula is C18H29N3. The van der Waals surface area contributed by atoms with Crippen molar-refractivity contribution in [2.24, 2.45) is 17.1 Å². The maximum absolute atomic E-state index is 7.62. The Labute approximate surface area is 129 Å². The van der Waals surface area contributed by atoms with Gasteiger partial charge in [0, 0.05) is 24.2 Å². The van der Waals surface area contributed by atoms with Crippen LogP contribution in [0.2, 0.25) is 0 Å². The van der Waals surface area contributed by atoms with Gasteiger partial charge in [0.2, 0.25) is 0 Å². The first kappa shape index (κ1) is 15.9. The fourth-order valence-electron chi connectivity index (χ4n) is 3.12. The molecule has 3 N–H and O–H groups in total. The molecule has 0 saturated carbocycles. The zero-order chi connectivity index (χ0) is 15.5. The highest BCUT2D eigenvalue weighted by molar-refractivity contribution is 5.82. The van der Waals surface area contributed by atoms with E-state index in [1.54, 1.807) is 0 Å². The Bertz CT molecular complexity index is 493. The van der Waals surface area contributed by atoms with Crippen molar-refractivity contribution in [2.45, 2.75) is 46.5 Å². The molecule has 116 valence electrons. The third kappa shape index (κ3) is 3.99. The van der Waals surface area contributed by atoms with Crippen LogP contribution in [-0.2, 0) is 6.42 Å². The fourth-order valence-corrected chi connectivity index (χ4v) is 3.12.